The third-order valence-electron chi connectivity index (χ3n) is 10.8. The van der Waals surface area contributed by atoms with Crippen LogP contribution in [0, 0.1) is 0 Å². The third-order valence-corrected chi connectivity index (χ3v) is 10.8. The smallest absolute Gasteiger partial charge is 0.0629 e. The van der Waals surface area contributed by atoms with E-state index in [9.17, 15) is 0 Å². The van der Waals surface area contributed by atoms with Gasteiger partial charge in [0.25, 0.3) is 0 Å². The Hall–Kier alpha value is -5.80. The van der Waals surface area contributed by atoms with Gasteiger partial charge in [-0.05, 0) is 84.6 Å². The highest BCUT2D eigenvalue weighted by Crippen LogP contribution is 2.49. The average molecular weight is 618 g/mol. The van der Waals surface area contributed by atoms with Crippen LogP contribution in [0.2, 0.25) is 0 Å². The van der Waals surface area contributed by atoms with E-state index in [1.165, 1.54) is 77.4 Å². The molecule has 1 aliphatic carbocycles. The van der Waals surface area contributed by atoms with Gasteiger partial charge in [0.2, 0.25) is 0 Å². The quantitative estimate of drug-likeness (QED) is 0.187. The first-order valence-corrected chi connectivity index (χ1v) is 17.0. The number of hydrogen-bond acceptors (Lipinski definition) is 1. The summed E-state index contributed by atoms with van der Waals surface area (Å²) < 4.78 is 4.70. The highest BCUT2D eigenvalue weighted by atomic mass is 15.2. The Morgan fingerprint density at radius 2 is 1.21 bits per heavy atom. The van der Waals surface area contributed by atoms with Gasteiger partial charge in [-0.1, -0.05) is 103 Å². The molecule has 2 aliphatic rings. The predicted octanol–water partition coefficient (Wildman–Crippen LogP) is 11.2. The molecule has 0 saturated carbocycles. The molecule has 3 heteroatoms. The largest absolute Gasteiger partial charge is 0.344 e. The minimum Gasteiger partial charge on any atom is -0.344 e. The summed E-state index contributed by atoms with van der Waals surface area (Å²) in [7, 11) is 2.17. The Morgan fingerprint density at radius 1 is 0.542 bits per heavy atom. The van der Waals surface area contributed by atoms with Crippen molar-refractivity contribution in [3.63, 3.8) is 0 Å². The Morgan fingerprint density at radius 3 is 2.08 bits per heavy atom. The molecule has 2 atom stereocenters. The van der Waals surface area contributed by atoms with Crippen molar-refractivity contribution in [2.75, 3.05) is 4.90 Å². The molecule has 230 valence electrons. The van der Waals surface area contributed by atoms with Gasteiger partial charge in [-0.15, -0.1) is 0 Å². The molecule has 0 radical (unpaired) electrons. The van der Waals surface area contributed by atoms with E-state index in [-0.39, 0.29) is 6.04 Å². The van der Waals surface area contributed by atoms with Crippen LogP contribution in [0.3, 0.4) is 0 Å². The molecule has 6 aromatic carbocycles. The highest BCUT2D eigenvalue weighted by Gasteiger charge is 2.38. The monoisotopic (exact) mass is 617 g/mol. The molecule has 0 fully saturated rings. The molecule has 0 saturated heterocycles. The van der Waals surface area contributed by atoms with E-state index in [0.717, 1.165) is 12.8 Å². The van der Waals surface area contributed by atoms with E-state index in [1.54, 1.807) is 0 Å². The standard InChI is InChI=1S/C45H35N3/c1-46-40-16-8-5-13-34(40)39-29-33(23-26-41(39)46)48-43-18-10-7-15-36(43)38-28-31(22-25-45(38)48)20-19-30-21-24-44-37(27-30)35-14-6-9-17-42(35)47(44)32-11-3-2-4-12-32/h2-18,21-29,38,45H,19-20H2,1H3. The summed E-state index contributed by atoms with van der Waals surface area (Å²) in [5.74, 6) is 0.329. The molecule has 8 aromatic rings. The van der Waals surface area contributed by atoms with Crippen molar-refractivity contribution in [1.82, 2.24) is 9.13 Å². The minimum absolute atomic E-state index is 0.263. The SMILES string of the molecule is Cn1c2ccccc2c2cc(N3c4ccccc4C4C=C(CCc5ccc6c(c5)c5ccccc5n6-c5ccccc5)C=CC43)ccc21. The van der Waals surface area contributed by atoms with Crippen LogP contribution >= 0.6 is 0 Å². The van der Waals surface area contributed by atoms with Crippen molar-refractivity contribution in [2.24, 2.45) is 7.05 Å². The molecule has 2 aromatic heterocycles. The van der Waals surface area contributed by atoms with Crippen LogP contribution in [0.25, 0.3) is 49.3 Å². The van der Waals surface area contributed by atoms with Gasteiger partial charge >= 0.3 is 0 Å². The zero-order chi connectivity index (χ0) is 31.8. The van der Waals surface area contributed by atoms with Crippen LogP contribution in [0.15, 0.2) is 163 Å². The van der Waals surface area contributed by atoms with E-state index in [1.807, 2.05) is 0 Å². The molecule has 0 bridgehead atoms. The van der Waals surface area contributed by atoms with Gasteiger partial charge < -0.3 is 14.0 Å². The normalized spacial score (nSPS) is 17.0. The maximum absolute atomic E-state index is 2.56. The number of para-hydroxylation sites is 4. The van der Waals surface area contributed by atoms with Crippen molar-refractivity contribution < 1.29 is 0 Å². The first-order valence-electron chi connectivity index (χ1n) is 17.0. The van der Waals surface area contributed by atoms with Crippen LogP contribution in [0.4, 0.5) is 11.4 Å². The number of nitrogens with zero attached hydrogens (tertiary/aromatic N) is 3. The van der Waals surface area contributed by atoms with E-state index >= 15 is 0 Å². The van der Waals surface area contributed by atoms with Crippen molar-refractivity contribution in [1.29, 1.82) is 0 Å². The molecule has 10 rings (SSSR count). The molecule has 0 amide bonds. The average Bonchev–Trinajstić information content (AvgIpc) is 3.76. The number of hydrogen-bond donors (Lipinski definition) is 0. The van der Waals surface area contributed by atoms with Crippen LogP contribution in [0.5, 0.6) is 0 Å². The summed E-state index contributed by atoms with van der Waals surface area (Å²) >= 11 is 0. The molecule has 3 heterocycles. The molecule has 3 nitrogen and oxygen atoms in total. The highest BCUT2D eigenvalue weighted by molar-refractivity contribution is 6.10. The molecule has 0 N–H and O–H groups in total. The number of aromatic nitrogens is 2. The summed E-state index contributed by atoms with van der Waals surface area (Å²) in [6.45, 7) is 0. The Labute approximate surface area is 280 Å². The minimum atomic E-state index is 0.263. The predicted molar refractivity (Wildman–Crippen MR) is 202 cm³/mol. The van der Waals surface area contributed by atoms with E-state index in [2.05, 4.69) is 179 Å². The first-order chi connectivity index (χ1) is 23.7. The van der Waals surface area contributed by atoms with E-state index < -0.39 is 0 Å². The lowest BCUT2D eigenvalue weighted by atomic mass is 9.86. The van der Waals surface area contributed by atoms with E-state index in [0.29, 0.717) is 5.92 Å². The van der Waals surface area contributed by atoms with Crippen molar-refractivity contribution >= 4 is 55.0 Å². The topological polar surface area (TPSA) is 13.1 Å². The number of benzene rings is 6. The molecular weight excluding hydrogens is 583 g/mol. The summed E-state index contributed by atoms with van der Waals surface area (Å²) in [5.41, 5.74) is 13.0. The fraction of sp³-hybridized carbons (Fsp3) is 0.111. The van der Waals surface area contributed by atoms with Gasteiger partial charge in [-0.3, -0.25) is 0 Å². The zero-order valence-electron chi connectivity index (χ0n) is 26.9. The molecular formula is C45H35N3. The summed E-state index contributed by atoms with van der Waals surface area (Å²) in [6, 6.07) is 51.5. The Kier molecular flexibility index (Phi) is 6.04. The maximum atomic E-state index is 2.56. The number of aryl methyl sites for hydroxylation is 2. The molecule has 48 heavy (non-hydrogen) atoms. The van der Waals surface area contributed by atoms with Crippen molar-refractivity contribution in [2.45, 2.75) is 24.8 Å². The molecule has 0 spiro atoms. The second-order valence-electron chi connectivity index (χ2n) is 13.4. The number of fused-ring (bicyclic) bond motifs is 9. The Balaban J connectivity index is 0.969. The van der Waals surface area contributed by atoms with Gasteiger partial charge in [-0.25, -0.2) is 0 Å². The lowest BCUT2D eigenvalue weighted by Crippen LogP contribution is -2.29. The summed E-state index contributed by atoms with van der Waals surface area (Å²) in [5, 5.41) is 5.25. The number of allylic oxidation sites excluding steroid dienone is 2. The Bertz CT molecular complexity index is 2600. The van der Waals surface area contributed by atoms with Gasteiger partial charge in [0.05, 0.1) is 17.1 Å². The van der Waals surface area contributed by atoms with Crippen LogP contribution in [-0.2, 0) is 13.5 Å². The van der Waals surface area contributed by atoms with Crippen molar-refractivity contribution in [3.8, 4) is 5.69 Å². The number of anilines is 2. The lowest BCUT2D eigenvalue weighted by Gasteiger charge is -2.30. The van der Waals surface area contributed by atoms with Gasteiger partial charge in [0.15, 0.2) is 0 Å². The summed E-state index contributed by atoms with van der Waals surface area (Å²) in [6.07, 6.45) is 9.41. The summed E-state index contributed by atoms with van der Waals surface area (Å²) in [4.78, 5) is 2.56. The van der Waals surface area contributed by atoms with Crippen LogP contribution < -0.4 is 4.90 Å². The van der Waals surface area contributed by atoms with E-state index in [4.69, 9.17) is 0 Å². The lowest BCUT2D eigenvalue weighted by molar-refractivity contribution is 0.731. The first kappa shape index (κ1) is 27.3. The fourth-order valence-electron chi connectivity index (χ4n) is 8.50. The molecule has 2 unspecified atom stereocenters. The second-order valence-corrected chi connectivity index (χ2v) is 13.4. The van der Waals surface area contributed by atoms with Gasteiger partial charge in [0, 0.05) is 62.6 Å². The fourth-order valence-corrected chi connectivity index (χ4v) is 8.50. The zero-order valence-corrected chi connectivity index (χ0v) is 26.9. The third kappa shape index (κ3) is 4.07. The molecule has 1 aliphatic heterocycles. The van der Waals surface area contributed by atoms with Gasteiger partial charge in [0.1, 0.15) is 0 Å². The van der Waals surface area contributed by atoms with Crippen molar-refractivity contribution in [3.05, 3.63) is 174 Å². The van der Waals surface area contributed by atoms with Crippen LogP contribution in [-0.4, -0.2) is 15.2 Å². The maximum Gasteiger partial charge on any atom is 0.0629 e. The number of rotatable bonds is 5. The van der Waals surface area contributed by atoms with Crippen LogP contribution in [0.1, 0.15) is 23.5 Å². The van der Waals surface area contributed by atoms with Gasteiger partial charge in [-0.2, -0.15) is 0 Å². The second kappa shape index (κ2) is 10.6.